The molecular formula is C29H54. The third-order valence-corrected chi connectivity index (χ3v) is 11.2. The molecule has 0 aromatic carbocycles. The molecule has 7 atom stereocenters. The van der Waals surface area contributed by atoms with Crippen LogP contribution in [0.1, 0.15) is 126 Å². The minimum Gasteiger partial charge on any atom is -0.0651 e. The first-order valence-corrected chi connectivity index (χ1v) is 13.6. The van der Waals surface area contributed by atoms with Crippen molar-refractivity contribution in [3.05, 3.63) is 0 Å². The summed E-state index contributed by atoms with van der Waals surface area (Å²) < 4.78 is 0. The standard InChI is InChI=1S/C29H54/c1-9-24(20(2)3)11-10-22(5)25-12-13-27-23(6)26(16-19-29(25,27)8)28(7)17-14-21(4)15-18-28/h20-27H,9-19H2,1-8H3. The summed E-state index contributed by atoms with van der Waals surface area (Å²) >= 11 is 0. The maximum atomic E-state index is 2.73. The van der Waals surface area contributed by atoms with E-state index >= 15 is 0 Å². The predicted octanol–water partition coefficient (Wildman–Crippen LogP) is 9.38. The molecule has 3 fully saturated rings. The zero-order chi connectivity index (χ0) is 21.4. The van der Waals surface area contributed by atoms with Crippen LogP contribution in [-0.2, 0) is 0 Å². The maximum Gasteiger partial charge on any atom is -0.0264 e. The molecule has 7 unspecified atom stereocenters. The summed E-state index contributed by atoms with van der Waals surface area (Å²) in [5, 5.41) is 0. The van der Waals surface area contributed by atoms with Gasteiger partial charge in [0.05, 0.1) is 0 Å². The lowest BCUT2D eigenvalue weighted by Gasteiger charge is -2.55. The molecule has 0 saturated heterocycles. The molecule has 3 saturated carbocycles. The fourth-order valence-electron chi connectivity index (χ4n) is 8.93. The summed E-state index contributed by atoms with van der Waals surface area (Å²) in [6.45, 7) is 20.4. The van der Waals surface area contributed by atoms with Gasteiger partial charge in [-0.1, -0.05) is 81.1 Å². The van der Waals surface area contributed by atoms with E-state index in [1.54, 1.807) is 0 Å². The zero-order valence-electron chi connectivity index (χ0n) is 21.4. The largest absolute Gasteiger partial charge is 0.0651 e. The molecule has 0 aliphatic heterocycles. The van der Waals surface area contributed by atoms with Crippen LogP contribution in [0, 0.1) is 58.2 Å². The van der Waals surface area contributed by atoms with Gasteiger partial charge in [0, 0.05) is 0 Å². The normalized spacial score (nSPS) is 45.2. The summed E-state index contributed by atoms with van der Waals surface area (Å²) in [7, 11) is 0. The Morgan fingerprint density at radius 1 is 0.793 bits per heavy atom. The average molecular weight is 403 g/mol. The Morgan fingerprint density at radius 3 is 2.03 bits per heavy atom. The van der Waals surface area contributed by atoms with Gasteiger partial charge in [-0.25, -0.2) is 0 Å². The van der Waals surface area contributed by atoms with Crippen molar-refractivity contribution in [3.8, 4) is 0 Å². The highest BCUT2D eigenvalue weighted by molar-refractivity contribution is 5.05. The number of hydrogen-bond acceptors (Lipinski definition) is 0. The quantitative estimate of drug-likeness (QED) is 0.398. The second-order valence-corrected chi connectivity index (χ2v) is 13.1. The molecule has 0 nitrogen and oxygen atoms in total. The van der Waals surface area contributed by atoms with Crippen molar-refractivity contribution in [1.82, 2.24) is 0 Å². The van der Waals surface area contributed by atoms with Crippen molar-refractivity contribution in [2.24, 2.45) is 58.2 Å². The first-order valence-electron chi connectivity index (χ1n) is 13.6. The lowest BCUT2D eigenvalue weighted by molar-refractivity contribution is -0.0563. The van der Waals surface area contributed by atoms with Crippen LogP contribution in [0.15, 0.2) is 0 Å². The third kappa shape index (κ3) is 4.62. The highest BCUT2D eigenvalue weighted by Crippen LogP contribution is 2.64. The Labute approximate surface area is 184 Å². The second kappa shape index (κ2) is 9.24. The van der Waals surface area contributed by atoms with Crippen molar-refractivity contribution >= 4 is 0 Å². The highest BCUT2D eigenvalue weighted by atomic mass is 14.6. The molecule has 29 heavy (non-hydrogen) atoms. The molecule has 0 spiro atoms. The Hall–Kier alpha value is 0. The molecule has 0 bridgehead atoms. The lowest BCUT2D eigenvalue weighted by atomic mass is 9.50. The zero-order valence-corrected chi connectivity index (χ0v) is 21.4. The van der Waals surface area contributed by atoms with Gasteiger partial charge in [0.1, 0.15) is 0 Å². The van der Waals surface area contributed by atoms with Gasteiger partial charge in [0.25, 0.3) is 0 Å². The van der Waals surface area contributed by atoms with E-state index in [9.17, 15) is 0 Å². The fourth-order valence-corrected chi connectivity index (χ4v) is 8.93. The van der Waals surface area contributed by atoms with Crippen molar-refractivity contribution in [2.45, 2.75) is 126 Å². The van der Waals surface area contributed by atoms with E-state index in [1.165, 1.54) is 70.6 Å². The van der Waals surface area contributed by atoms with Gasteiger partial charge in [-0.3, -0.25) is 0 Å². The highest BCUT2D eigenvalue weighted by Gasteiger charge is 2.56. The monoisotopic (exact) mass is 402 g/mol. The number of fused-ring (bicyclic) bond motifs is 1. The summed E-state index contributed by atoms with van der Waals surface area (Å²) in [4.78, 5) is 0. The maximum absolute atomic E-state index is 2.73. The second-order valence-electron chi connectivity index (χ2n) is 13.1. The van der Waals surface area contributed by atoms with Crippen LogP contribution >= 0.6 is 0 Å². The molecule has 0 amide bonds. The fraction of sp³-hybridized carbons (Fsp3) is 1.00. The van der Waals surface area contributed by atoms with E-state index in [4.69, 9.17) is 0 Å². The number of rotatable bonds is 7. The van der Waals surface area contributed by atoms with Gasteiger partial charge >= 0.3 is 0 Å². The molecule has 3 aliphatic rings. The van der Waals surface area contributed by atoms with E-state index in [2.05, 4.69) is 55.4 Å². The molecule has 0 aromatic heterocycles. The van der Waals surface area contributed by atoms with E-state index in [0.717, 1.165) is 47.3 Å². The van der Waals surface area contributed by atoms with E-state index in [0.29, 0.717) is 10.8 Å². The van der Waals surface area contributed by atoms with Crippen LogP contribution in [0.4, 0.5) is 0 Å². The SMILES string of the molecule is CCC(CCC(C)C1CCC2C(C)C(C3(C)CCC(C)CC3)CCC12C)C(C)C. The first kappa shape index (κ1) is 23.7. The Bertz CT molecular complexity index is 510. The molecule has 3 aliphatic carbocycles. The molecule has 0 heteroatoms. The predicted molar refractivity (Wildman–Crippen MR) is 129 cm³/mol. The summed E-state index contributed by atoms with van der Waals surface area (Å²) in [6.07, 6.45) is 16.3. The van der Waals surface area contributed by atoms with Crippen LogP contribution < -0.4 is 0 Å². The molecule has 0 radical (unpaired) electrons. The topological polar surface area (TPSA) is 0 Å². The van der Waals surface area contributed by atoms with Gasteiger partial charge < -0.3 is 0 Å². The van der Waals surface area contributed by atoms with Crippen LogP contribution in [0.3, 0.4) is 0 Å². The van der Waals surface area contributed by atoms with Crippen molar-refractivity contribution < 1.29 is 0 Å². The summed E-state index contributed by atoms with van der Waals surface area (Å²) in [6, 6.07) is 0. The Kier molecular flexibility index (Phi) is 7.54. The van der Waals surface area contributed by atoms with Crippen molar-refractivity contribution in [1.29, 1.82) is 0 Å². The van der Waals surface area contributed by atoms with Gasteiger partial charge in [0.15, 0.2) is 0 Å². The summed E-state index contributed by atoms with van der Waals surface area (Å²) in [5.74, 6) is 7.61. The van der Waals surface area contributed by atoms with Crippen LogP contribution in [0.5, 0.6) is 0 Å². The molecule has 0 aromatic rings. The molecule has 3 rings (SSSR count). The lowest BCUT2D eigenvalue weighted by Crippen LogP contribution is -2.47. The summed E-state index contributed by atoms with van der Waals surface area (Å²) in [5.41, 5.74) is 1.27. The minimum absolute atomic E-state index is 0.632. The molecular weight excluding hydrogens is 348 g/mol. The van der Waals surface area contributed by atoms with Crippen LogP contribution in [0.25, 0.3) is 0 Å². The Morgan fingerprint density at radius 2 is 1.45 bits per heavy atom. The molecule has 0 heterocycles. The van der Waals surface area contributed by atoms with E-state index in [-0.39, 0.29) is 0 Å². The molecule has 170 valence electrons. The van der Waals surface area contributed by atoms with Crippen molar-refractivity contribution in [3.63, 3.8) is 0 Å². The van der Waals surface area contributed by atoms with Gasteiger partial charge in [-0.2, -0.15) is 0 Å². The number of hydrogen-bond donors (Lipinski definition) is 0. The molecule has 0 N–H and O–H groups in total. The first-order chi connectivity index (χ1) is 13.6. The smallest absolute Gasteiger partial charge is 0.0264 e. The van der Waals surface area contributed by atoms with Crippen LogP contribution in [0.2, 0.25) is 0 Å². The van der Waals surface area contributed by atoms with Gasteiger partial charge in [-0.05, 0) is 103 Å². The van der Waals surface area contributed by atoms with Crippen LogP contribution in [-0.4, -0.2) is 0 Å². The minimum atomic E-state index is 0.632. The Balaban J connectivity index is 1.64. The third-order valence-electron chi connectivity index (χ3n) is 11.2. The average Bonchev–Trinajstić information content (AvgIpc) is 3.02. The van der Waals surface area contributed by atoms with Gasteiger partial charge in [0.2, 0.25) is 0 Å². The van der Waals surface area contributed by atoms with Crippen molar-refractivity contribution in [2.75, 3.05) is 0 Å². The van der Waals surface area contributed by atoms with E-state index in [1.807, 2.05) is 0 Å². The van der Waals surface area contributed by atoms with E-state index < -0.39 is 0 Å². The van der Waals surface area contributed by atoms with Gasteiger partial charge in [-0.15, -0.1) is 0 Å².